The van der Waals surface area contributed by atoms with Gasteiger partial charge in [-0.1, -0.05) is 11.6 Å². The van der Waals surface area contributed by atoms with Crippen LogP contribution in [0.5, 0.6) is 5.75 Å². The van der Waals surface area contributed by atoms with Crippen LogP contribution < -0.4 is 15.4 Å². The van der Waals surface area contributed by atoms with Gasteiger partial charge in [-0.3, -0.25) is 9.98 Å². The van der Waals surface area contributed by atoms with Crippen LogP contribution in [-0.4, -0.2) is 42.3 Å². The van der Waals surface area contributed by atoms with Gasteiger partial charge in [0, 0.05) is 17.6 Å². The molecular formula is C16H22ClIN4O2S. The zero-order chi connectivity index (χ0) is 17.2. The van der Waals surface area contributed by atoms with Crippen molar-refractivity contribution in [3.8, 4) is 5.75 Å². The summed E-state index contributed by atoms with van der Waals surface area (Å²) in [5, 5.41) is 16.4. The Morgan fingerprint density at radius 2 is 2.24 bits per heavy atom. The highest BCUT2D eigenvalue weighted by Crippen LogP contribution is 2.26. The molecule has 1 atom stereocenters. The zero-order valence-corrected chi connectivity index (χ0v) is 17.7. The van der Waals surface area contributed by atoms with E-state index in [4.69, 9.17) is 16.3 Å². The minimum absolute atomic E-state index is 0. The highest BCUT2D eigenvalue weighted by molar-refractivity contribution is 14.0. The van der Waals surface area contributed by atoms with Crippen LogP contribution >= 0.6 is 46.9 Å². The largest absolute Gasteiger partial charge is 0.490 e. The first kappa shape index (κ1) is 21.9. The Hall–Kier alpha value is -1.10. The van der Waals surface area contributed by atoms with Crippen molar-refractivity contribution in [1.82, 2.24) is 15.6 Å². The van der Waals surface area contributed by atoms with E-state index in [9.17, 15) is 5.11 Å². The van der Waals surface area contributed by atoms with Crippen LogP contribution in [0, 0.1) is 0 Å². The Balaban J connectivity index is 0.00000312. The molecule has 0 saturated heterocycles. The summed E-state index contributed by atoms with van der Waals surface area (Å²) in [5.41, 5.74) is 0. The van der Waals surface area contributed by atoms with Gasteiger partial charge < -0.3 is 20.5 Å². The lowest BCUT2D eigenvalue weighted by atomic mass is 10.3. The molecule has 2 aromatic rings. The van der Waals surface area contributed by atoms with Crippen molar-refractivity contribution in [3.05, 3.63) is 45.9 Å². The van der Waals surface area contributed by atoms with Crippen LogP contribution in [0.25, 0.3) is 0 Å². The number of aliphatic imine (C=N–C) groups is 1. The summed E-state index contributed by atoms with van der Waals surface area (Å²) in [4.78, 5) is 9.18. The van der Waals surface area contributed by atoms with Crippen molar-refractivity contribution in [2.45, 2.75) is 13.0 Å². The molecule has 0 amide bonds. The molecule has 6 nitrogen and oxygen atoms in total. The summed E-state index contributed by atoms with van der Waals surface area (Å²) in [5.74, 6) is 1.36. The molecule has 2 aromatic heterocycles. The number of hydrogen-bond donors (Lipinski definition) is 3. The first-order chi connectivity index (χ1) is 11.7. The second kappa shape index (κ2) is 12.3. The highest BCUT2D eigenvalue weighted by atomic mass is 127. The lowest BCUT2D eigenvalue weighted by Crippen LogP contribution is -2.39. The van der Waals surface area contributed by atoms with Crippen molar-refractivity contribution < 1.29 is 9.84 Å². The maximum Gasteiger partial charge on any atom is 0.191 e. The molecule has 0 radical (unpaired) electrons. The second-order valence-corrected chi connectivity index (χ2v) is 6.59. The zero-order valence-electron chi connectivity index (χ0n) is 13.8. The van der Waals surface area contributed by atoms with Gasteiger partial charge >= 0.3 is 0 Å². The molecule has 25 heavy (non-hydrogen) atoms. The monoisotopic (exact) mass is 496 g/mol. The van der Waals surface area contributed by atoms with Gasteiger partial charge in [-0.25, -0.2) is 0 Å². The van der Waals surface area contributed by atoms with Gasteiger partial charge in [0.05, 0.1) is 23.6 Å². The molecule has 9 heteroatoms. The number of guanidine groups is 1. The number of rotatable bonds is 8. The Morgan fingerprint density at radius 1 is 1.40 bits per heavy atom. The molecule has 0 spiro atoms. The number of aliphatic hydroxyl groups is 1. The molecule has 2 rings (SSSR count). The molecular weight excluding hydrogens is 475 g/mol. The van der Waals surface area contributed by atoms with Crippen molar-refractivity contribution in [2.75, 3.05) is 26.2 Å². The average molecular weight is 497 g/mol. The van der Waals surface area contributed by atoms with Crippen LogP contribution in [0.4, 0.5) is 0 Å². The fourth-order valence-corrected chi connectivity index (χ4v) is 2.93. The quantitative estimate of drug-likeness (QED) is 0.227. The fourth-order valence-electron chi connectivity index (χ4n) is 1.89. The molecule has 0 aromatic carbocycles. The second-order valence-electron chi connectivity index (χ2n) is 4.84. The van der Waals surface area contributed by atoms with E-state index in [0.29, 0.717) is 23.4 Å². The third kappa shape index (κ3) is 8.21. The predicted molar refractivity (Wildman–Crippen MR) is 113 cm³/mol. The number of aliphatic hydroxyl groups excluding tert-OH is 1. The molecule has 0 saturated carbocycles. The number of nitrogens with one attached hydrogen (secondary N) is 2. The summed E-state index contributed by atoms with van der Waals surface area (Å²) in [7, 11) is 0. The third-order valence-electron chi connectivity index (χ3n) is 2.99. The lowest BCUT2D eigenvalue weighted by Gasteiger charge is -2.13. The van der Waals surface area contributed by atoms with E-state index in [2.05, 4.69) is 20.6 Å². The molecule has 0 aliphatic rings. The summed E-state index contributed by atoms with van der Waals surface area (Å²) in [6, 6.07) is 7.27. The molecule has 0 aliphatic heterocycles. The van der Waals surface area contributed by atoms with Crippen LogP contribution in [0.2, 0.25) is 4.34 Å². The van der Waals surface area contributed by atoms with Crippen LogP contribution in [0.15, 0.2) is 41.7 Å². The minimum atomic E-state index is -0.662. The van der Waals surface area contributed by atoms with E-state index < -0.39 is 6.10 Å². The van der Waals surface area contributed by atoms with Gasteiger partial charge in [0.25, 0.3) is 0 Å². The summed E-state index contributed by atoms with van der Waals surface area (Å²) in [6.07, 6.45) is 2.71. The van der Waals surface area contributed by atoms with Gasteiger partial charge in [-0.15, -0.1) is 35.3 Å². The van der Waals surface area contributed by atoms with Gasteiger partial charge in [0.15, 0.2) is 5.96 Å². The summed E-state index contributed by atoms with van der Waals surface area (Å²) >= 11 is 7.24. The predicted octanol–water partition coefficient (Wildman–Crippen LogP) is 3.08. The SMILES string of the molecule is CCNC(=NCC(O)c1ccc(Cl)s1)NCCOc1cccnc1.I. The molecule has 2 heterocycles. The number of aromatic nitrogens is 1. The molecule has 138 valence electrons. The van der Waals surface area contributed by atoms with Crippen LogP contribution in [0.3, 0.4) is 0 Å². The van der Waals surface area contributed by atoms with Gasteiger partial charge in [-0.2, -0.15) is 0 Å². The van der Waals surface area contributed by atoms with Gasteiger partial charge in [-0.05, 0) is 31.2 Å². The Labute approximate surface area is 173 Å². The summed E-state index contributed by atoms with van der Waals surface area (Å²) < 4.78 is 6.22. The van der Waals surface area contributed by atoms with E-state index in [1.165, 1.54) is 11.3 Å². The molecule has 0 fully saturated rings. The number of halogens is 2. The normalized spacial score (nSPS) is 12.2. The molecule has 1 unspecified atom stereocenters. The van der Waals surface area contributed by atoms with Crippen molar-refractivity contribution in [3.63, 3.8) is 0 Å². The number of pyridine rings is 1. The van der Waals surface area contributed by atoms with E-state index in [0.717, 1.165) is 17.2 Å². The first-order valence-electron chi connectivity index (χ1n) is 7.67. The molecule has 3 N–H and O–H groups in total. The number of hydrogen-bond acceptors (Lipinski definition) is 5. The number of nitrogens with zero attached hydrogens (tertiary/aromatic N) is 2. The van der Waals surface area contributed by atoms with Crippen LogP contribution in [-0.2, 0) is 0 Å². The van der Waals surface area contributed by atoms with E-state index >= 15 is 0 Å². The third-order valence-corrected chi connectivity index (χ3v) is 4.32. The van der Waals surface area contributed by atoms with E-state index in [1.807, 2.05) is 25.1 Å². The minimum Gasteiger partial charge on any atom is -0.490 e. The Kier molecular flexibility index (Phi) is 10.8. The maximum absolute atomic E-state index is 10.1. The Morgan fingerprint density at radius 3 is 2.88 bits per heavy atom. The van der Waals surface area contributed by atoms with Crippen LogP contribution in [0.1, 0.15) is 17.9 Å². The number of thiophene rings is 1. The molecule has 0 bridgehead atoms. The number of ether oxygens (including phenoxy) is 1. The lowest BCUT2D eigenvalue weighted by molar-refractivity contribution is 0.191. The fraction of sp³-hybridized carbons (Fsp3) is 0.375. The van der Waals surface area contributed by atoms with Crippen molar-refractivity contribution in [1.29, 1.82) is 0 Å². The van der Waals surface area contributed by atoms with Crippen molar-refractivity contribution in [2.24, 2.45) is 4.99 Å². The topological polar surface area (TPSA) is 78.8 Å². The highest BCUT2D eigenvalue weighted by Gasteiger charge is 2.10. The smallest absolute Gasteiger partial charge is 0.191 e. The maximum atomic E-state index is 10.1. The first-order valence-corrected chi connectivity index (χ1v) is 8.86. The average Bonchev–Trinajstić information content (AvgIpc) is 3.03. The van der Waals surface area contributed by atoms with E-state index in [-0.39, 0.29) is 30.5 Å². The van der Waals surface area contributed by atoms with Gasteiger partial charge in [0.2, 0.25) is 0 Å². The standard InChI is InChI=1S/C16H21ClN4O2S.HI/c1-2-19-16(20-8-9-23-12-4-3-7-18-10-12)21-11-13(22)14-5-6-15(17)24-14;/h3-7,10,13,22H,2,8-9,11H2,1H3,(H2,19,20,21);1H. The summed E-state index contributed by atoms with van der Waals surface area (Å²) in [6.45, 7) is 4.05. The molecule has 0 aliphatic carbocycles. The Bertz CT molecular complexity index is 642. The van der Waals surface area contributed by atoms with Crippen molar-refractivity contribution >= 4 is 52.9 Å². The van der Waals surface area contributed by atoms with E-state index in [1.54, 1.807) is 18.5 Å². The van der Waals surface area contributed by atoms with Gasteiger partial charge in [0.1, 0.15) is 18.5 Å².